The van der Waals surface area contributed by atoms with Gasteiger partial charge in [0.25, 0.3) is 0 Å². The van der Waals surface area contributed by atoms with E-state index in [9.17, 15) is 4.79 Å². The molecule has 1 aliphatic heterocycles. The average molecular weight is 242 g/mol. The Morgan fingerprint density at radius 2 is 1.94 bits per heavy atom. The summed E-state index contributed by atoms with van der Waals surface area (Å²) >= 11 is 0. The molecule has 1 saturated carbocycles. The van der Waals surface area contributed by atoms with Crippen molar-refractivity contribution in [3.8, 4) is 0 Å². The topological polar surface area (TPSA) is 41.5 Å². The molecule has 3 heteroatoms. The van der Waals surface area contributed by atoms with Gasteiger partial charge in [0.05, 0.1) is 12.0 Å². The minimum Gasteiger partial charge on any atom is -0.314 e. The first-order chi connectivity index (χ1) is 8.83. The first-order valence-electron chi connectivity index (χ1n) is 6.74. The smallest absolute Gasteiger partial charge is 0.230 e. The van der Waals surface area contributed by atoms with Gasteiger partial charge >= 0.3 is 0 Å². The number of amidine groups is 1. The van der Waals surface area contributed by atoms with Crippen LogP contribution in [0.4, 0.5) is 0 Å². The number of nitrogens with zero attached hydrogens (tertiary/aromatic N) is 1. The lowest BCUT2D eigenvalue weighted by Crippen LogP contribution is -2.47. The lowest BCUT2D eigenvalue weighted by molar-refractivity contribution is -0.125. The van der Waals surface area contributed by atoms with Gasteiger partial charge in [0, 0.05) is 6.42 Å². The summed E-state index contributed by atoms with van der Waals surface area (Å²) in [6.07, 6.45) is 5.17. The van der Waals surface area contributed by atoms with Gasteiger partial charge in [-0.25, -0.2) is 0 Å². The molecule has 0 aromatic heterocycles. The molecule has 1 amide bonds. The fraction of sp³-hybridized carbons (Fsp3) is 0.467. The third kappa shape index (κ3) is 2.30. The van der Waals surface area contributed by atoms with E-state index in [-0.39, 0.29) is 17.9 Å². The van der Waals surface area contributed by atoms with Crippen LogP contribution in [0, 0.1) is 5.92 Å². The van der Waals surface area contributed by atoms with Crippen LogP contribution in [0.25, 0.3) is 0 Å². The van der Waals surface area contributed by atoms with Gasteiger partial charge in [-0.2, -0.15) is 0 Å². The number of amides is 1. The van der Waals surface area contributed by atoms with E-state index in [2.05, 4.69) is 17.4 Å². The van der Waals surface area contributed by atoms with Crippen molar-refractivity contribution in [1.82, 2.24) is 5.32 Å². The Morgan fingerprint density at radius 1 is 1.17 bits per heavy atom. The van der Waals surface area contributed by atoms with Crippen molar-refractivity contribution in [3.63, 3.8) is 0 Å². The molecule has 1 N–H and O–H groups in total. The molecule has 1 aromatic carbocycles. The molecule has 1 aliphatic carbocycles. The highest BCUT2D eigenvalue weighted by atomic mass is 16.2. The van der Waals surface area contributed by atoms with E-state index < -0.39 is 0 Å². The Hall–Kier alpha value is -1.64. The molecule has 2 aliphatic rings. The van der Waals surface area contributed by atoms with Crippen molar-refractivity contribution in [2.24, 2.45) is 10.9 Å². The Bertz CT molecular complexity index is 467. The molecule has 1 fully saturated rings. The lowest BCUT2D eigenvalue weighted by Gasteiger charge is -2.32. The molecular formula is C15H18N2O. The van der Waals surface area contributed by atoms with Crippen LogP contribution in [0.1, 0.15) is 31.2 Å². The van der Waals surface area contributed by atoms with Crippen molar-refractivity contribution in [3.05, 3.63) is 35.9 Å². The molecular weight excluding hydrogens is 224 g/mol. The minimum absolute atomic E-state index is 0.123. The van der Waals surface area contributed by atoms with Crippen LogP contribution in [0.15, 0.2) is 35.3 Å². The predicted molar refractivity (Wildman–Crippen MR) is 71.5 cm³/mol. The highest BCUT2D eigenvalue weighted by Gasteiger charge is 2.34. The van der Waals surface area contributed by atoms with E-state index in [1.165, 1.54) is 12.0 Å². The van der Waals surface area contributed by atoms with E-state index in [4.69, 9.17) is 4.99 Å². The fourth-order valence-corrected chi connectivity index (χ4v) is 2.92. The first kappa shape index (κ1) is 11.5. The number of hydrogen-bond donors (Lipinski definition) is 1. The zero-order chi connectivity index (χ0) is 12.4. The summed E-state index contributed by atoms with van der Waals surface area (Å²) in [4.78, 5) is 16.8. The monoisotopic (exact) mass is 242 g/mol. The molecule has 2 atom stereocenters. The fourth-order valence-electron chi connectivity index (χ4n) is 2.92. The molecule has 1 aromatic rings. The second-order valence-electron chi connectivity index (χ2n) is 5.19. The molecule has 1 heterocycles. The van der Waals surface area contributed by atoms with Crippen LogP contribution in [0.2, 0.25) is 0 Å². The molecule has 0 radical (unpaired) electrons. The Kier molecular flexibility index (Phi) is 3.13. The number of carbonyl (C=O) groups is 1. The molecule has 0 bridgehead atoms. The molecule has 94 valence electrons. The number of benzene rings is 1. The number of aliphatic imine (C=N–C) groups is 1. The maximum Gasteiger partial charge on any atom is 0.230 e. The molecule has 18 heavy (non-hydrogen) atoms. The Labute approximate surface area is 107 Å². The summed E-state index contributed by atoms with van der Waals surface area (Å²) in [5.41, 5.74) is 1.20. The van der Waals surface area contributed by atoms with Gasteiger partial charge < -0.3 is 5.32 Å². The van der Waals surface area contributed by atoms with Crippen molar-refractivity contribution in [2.45, 2.75) is 38.1 Å². The second-order valence-corrected chi connectivity index (χ2v) is 5.19. The normalized spacial score (nSPS) is 27.1. The number of rotatable bonds is 2. The molecule has 3 rings (SSSR count). The van der Waals surface area contributed by atoms with E-state index in [0.29, 0.717) is 0 Å². The average Bonchev–Trinajstić information content (AvgIpc) is 2.40. The predicted octanol–water partition coefficient (Wildman–Crippen LogP) is 2.32. The molecule has 3 nitrogen and oxygen atoms in total. The standard InChI is InChI=1S/C15H18N2O/c18-15-12-8-4-5-9-13(12)16-14(17-15)10-11-6-2-1-3-7-11/h1-3,6-7,12-13H,4-5,8-10H2,(H,16,17,18)/t12-,13-/m1/s1. The van der Waals surface area contributed by atoms with Crippen molar-refractivity contribution < 1.29 is 4.79 Å². The van der Waals surface area contributed by atoms with Crippen molar-refractivity contribution in [1.29, 1.82) is 0 Å². The van der Waals surface area contributed by atoms with Gasteiger partial charge in [-0.1, -0.05) is 43.2 Å². The molecule has 0 saturated heterocycles. The Morgan fingerprint density at radius 3 is 2.78 bits per heavy atom. The van der Waals surface area contributed by atoms with Gasteiger partial charge in [-0.15, -0.1) is 0 Å². The summed E-state index contributed by atoms with van der Waals surface area (Å²) in [6, 6.07) is 10.4. The largest absolute Gasteiger partial charge is 0.314 e. The summed E-state index contributed by atoms with van der Waals surface area (Å²) < 4.78 is 0. The molecule has 0 spiro atoms. The number of fused-ring (bicyclic) bond motifs is 1. The summed E-state index contributed by atoms with van der Waals surface area (Å²) in [5.74, 6) is 1.15. The second kappa shape index (κ2) is 4.92. The number of nitrogens with one attached hydrogen (secondary N) is 1. The maximum absolute atomic E-state index is 12.0. The third-order valence-corrected chi connectivity index (χ3v) is 3.87. The zero-order valence-corrected chi connectivity index (χ0v) is 10.4. The first-order valence-corrected chi connectivity index (χ1v) is 6.74. The van der Waals surface area contributed by atoms with Crippen LogP contribution >= 0.6 is 0 Å². The van der Waals surface area contributed by atoms with Gasteiger partial charge in [0.15, 0.2) is 0 Å². The summed E-state index contributed by atoms with van der Waals surface area (Å²) in [6.45, 7) is 0. The third-order valence-electron chi connectivity index (χ3n) is 3.87. The van der Waals surface area contributed by atoms with Gasteiger partial charge in [-0.3, -0.25) is 9.79 Å². The highest BCUT2D eigenvalue weighted by molar-refractivity contribution is 6.02. The van der Waals surface area contributed by atoms with Gasteiger partial charge in [0.2, 0.25) is 5.91 Å². The lowest BCUT2D eigenvalue weighted by atomic mass is 9.83. The van der Waals surface area contributed by atoms with Crippen molar-refractivity contribution in [2.75, 3.05) is 0 Å². The van der Waals surface area contributed by atoms with Crippen LogP contribution < -0.4 is 5.32 Å². The van der Waals surface area contributed by atoms with E-state index >= 15 is 0 Å². The number of hydrogen-bond acceptors (Lipinski definition) is 2. The summed E-state index contributed by atoms with van der Waals surface area (Å²) in [5, 5.41) is 2.98. The van der Waals surface area contributed by atoms with E-state index in [1.54, 1.807) is 0 Å². The zero-order valence-electron chi connectivity index (χ0n) is 10.4. The van der Waals surface area contributed by atoms with Gasteiger partial charge in [-0.05, 0) is 18.4 Å². The van der Waals surface area contributed by atoms with Gasteiger partial charge in [0.1, 0.15) is 5.84 Å². The SMILES string of the molecule is O=C1NC(Cc2ccccc2)=N[C@@H]2CCCC[C@@H]12. The van der Waals surface area contributed by atoms with Crippen LogP contribution in [-0.4, -0.2) is 17.8 Å². The maximum atomic E-state index is 12.0. The highest BCUT2D eigenvalue weighted by Crippen LogP contribution is 2.29. The molecule has 0 unspecified atom stereocenters. The van der Waals surface area contributed by atoms with Crippen LogP contribution in [0.5, 0.6) is 0 Å². The summed E-state index contributed by atoms with van der Waals surface area (Å²) in [7, 11) is 0. The Balaban J connectivity index is 1.77. The van der Waals surface area contributed by atoms with Crippen LogP contribution in [-0.2, 0) is 11.2 Å². The van der Waals surface area contributed by atoms with Crippen molar-refractivity contribution >= 4 is 11.7 Å². The quantitative estimate of drug-likeness (QED) is 0.849. The van der Waals surface area contributed by atoms with Crippen LogP contribution in [0.3, 0.4) is 0 Å². The van der Waals surface area contributed by atoms with E-state index in [1.807, 2.05) is 18.2 Å². The van der Waals surface area contributed by atoms with E-state index in [0.717, 1.165) is 31.5 Å². The minimum atomic E-state index is 0.123. The number of carbonyl (C=O) groups excluding carboxylic acids is 1.